The number of thiazole rings is 3. The van der Waals surface area contributed by atoms with E-state index in [-0.39, 0.29) is 128 Å². The van der Waals surface area contributed by atoms with E-state index in [0.717, 1.165) is 86.8 Å². The Hall–Kier alpha value is -11.5. The van der Waals surface area contributed by atoms with E-state index in [4.69, 9.17) is 13.5 Å². The van der Waals surface area contributed by atoms with Gasteiger partial charge in [0.25, 0.3) is 0 Å². The molecule has 0 unspecified atom stereocenters. The molecule has 4 aliphatic heterocycles. The van der Waals surface area contributed by atoms with Gasteiger partial charge in [0.05, 0.1) is 120 Å². The van der Waals surface area contributed by atoms with Crippen molar-refractivity contribution >= 4 is 92.3 Å². The number of β-amino-alcohol motifs (C(OH)–C–C–N with tert-alkyl or cyclic N) is 4. The molecule has 16 rings (SSSR count). The second kappa shape index (κ2) is 45.9. The third kappa shape index (κ3) is 25.5. The fraction of sp³-hybridized carbons (Fsp3) is 0.476. The largest absolute Gasteiger partial charge is 0.444 e. The van der Waals surface area contributed by atoms with E-state index < -0.39 is 77.7 Å². The smallest absolute Gasteiger partial charge is 0.239 e. The van der Waals surface area contributed by atoms with Crippen molar-refractivity contribution in [2.45, 2.75) is 267 Å². The minimum Gasteiger partial charge on any atom is -0.444 e. The number of carbonyl (C=O) groups is 8. The van der Waals surface area contributed by atoms with Crippen molar-refractivity contribution in [1.82, 2.24) is 74.4 Å². The number of aliphatic hydroxyl groups excluding tert-OH is 4. The van der Waals surface area contributed by atoms with Crippen LogP contribution in [0, 0.1) is 71.6 Å². The number of Topliss-reactive ketones (excluding diaryl/α,β-unsaturated/α-hetero) is 4. The van der Waals surface area contributed by atoms with Gasteiger partial charge in [-0.3, -0.25) is 43.5 Å². The number of aliphatic hydroxyl groups is 4. The topological polar surface area (TPSA) is 415 Å². The van der Waals surface area contributed by atoms with Gasteiger partial charge in [0.1, 0.15) is 29.3 Å². The van der Waals surface area contributed by atoms with Crippen LogP contribution in [0.4, 0.5) is 0 Å². The molecule has 0 bridgehead atoms. The van der Waals surface area contributed by atoms with Gasteiger partial charge >= 0.3 is 0 Å². The third-order valence-electron chi connectivity index (χ3n) is 25.8. The van der Waals surface area contributed by atoms with Gasteiger partial charge in [-0.15, -0.1) is 34.0 Å². The lowest BCUT2D eigenvalue weighted by atomic mass is 9.78. The number of aromatic nitrogens is 11. The Morgan fingerprint density at radius 3 is 1.23 bits per heavy atom. The van der Waals surface area contributed by atoms with Crippen LogP contribution >= 0.6 is 45.5 Å². The Morgan fingerprint density at radius 2 is 0.891 bits per heavy atom. The molecular formula is C103H125N15O15S4. The van der Waals surface area contributed by atoms with Gasteiger partial charge < -0.3 is 53.5 Å². The summed E-state index contributed by atoms with van der Waals surface area (Å²) in [4.78, 5) is 143. The Kier molecular flexibility index (Phi) is 34.4. The summed E-state index contributed by atoms with van der Waals surface area (Å²) >= 11 is 6.23. The highest BCUT2D eigenvalue weighted by Crippen LogP contribution is 2.42. The van der Waals surface area contributed by atoms with Crippen LogP contribution < -0.4 is 0 Å². The number of hydrogen-bond acceptors (Lipinski definition) is 29. The molecule has 0 saturated carbocycles. The maximum atomic E-state index is 13.7. The molecule has 4 amide bonds. The van der Waals surface area contributed by atoms with Crippen molar-refractivity contribution in [3.8, 4) is 42.6 Å². The van der Waals surface area contributed by atoms with Gasteiger partial charge in [0.15, 0.2) is 46.9 Å². The van der Waals surface area contributed by atoms with E-state index in [1.54, 1.807) is 74.8 Å². The summed E-state index contributed by atoms with van der Waals surface area (Å²) in [6.45, 7) is 33.4. The molecule has 0 spiro atoms. The molecule has 12 aromatic rings. The molecule has 726 valence electrons. The van der Waals surface area contributed by atoms with E-state index in [9.17, 15) is 58.8 Å². The highest BCUT2D eigenvalue weighted by Gasteiger charge is 2.49. The predicted molar refractivity (Wildman–Crippen MR) is 525 cm³/mol. The molecule has 5 N–H and O–H groups in total. The molecule has 4 aliphatic rings. The van der Waals surface area contributed by atoms with Crippen molar-refractivity contribution < 1.29 is 72.2 Å². The molecule has 12 heterocycles. The molecule has 30 nitrogen and oxygen atoms in total. The summed E-state index contributed by atoms with van der Waals surface area (Å²) in [6, 6.07) is 33.6. The lowest BCUT2D eigenvalue weighted by Gasteiger charge is -2.33. The number of nitrogens with zero attached hydrogens (tertiary/aromatic N) is 14. The van der Waals surface area contributed by atoms with Gasteiger partial charge in [0.2, 0.25) is 29.5 Å². The van der Waals surface area contributed by atoms with Crippen molar-refractivity contribution in [3.05, 3.63) is 223 Å². The Labute approximate surface area is 815 Å². The van der Waals surface area contributed by atoms with Gasteiger partial charge in [-0.05, 0) is 153 Å². The molecule has 0 aliphatic carbocycles. The molecule has 0 radical (unpaired) electrons. The van der Waals surface area contributed by atoms with Crippen LogP contribution in [0.5, 0.6) is 0 Å². The molecule has 34 heteroatoms. The highest BCUT2D eigenvalue weighted by molar-refractivity contribution is 7.14. The summed E-state index contributed by atoms with van der Waals surface area (Å²) in [5.41, 5.74) is 18.0. The lowest BCUT2D eigenvalue weighted by Crippen LogP contribution is -2.46. The van der Waals surface area contributed by atoms with Crippen molar-refractivity contribution in [2.75, 3.05) is 26.2 Å². The summed E-state index contributed by atoms with van der Waals surface area (Å²) in [7, 11) is 0. The van der Waals surface area contributed by atoms with Crippen LogP contribution in [0.25, 0.3) is 42.6 Å². The second-order valence-electron chi connectivity index (χ2n) is 38.6. The fourth-order valence-corrected chi connectivity index (χ4v) is 21.6. The first-order valence-electron chi connectivity index (χ1n) is 46.8. The number of benzene rings is 4. The Bertz CT molecular complexity index is 5650. The van der Waals surface area contributed by atoms with E-state index in [2.05, 4.69) is 91.2 Å². The summed E-state index contributed by atoms with van der Waals surface area (Å²) in [5, 5.41) is 56.1. The molecule has 4 saturated heterocycles. The molecule has 4 aromatic carbocycles. The quantitative estimate of drug-likeness (QED) is 0.0269. The minimum absolute atomic E-state index is 0.00393. The summed E-state index contributed by atoms with van der Waals surface area (Å²) < 4.78 is 20.5. The van der Waals surface area contributed by atoms with Crippen molar-refractivity contribution in [1.29, 1.82) is 0 Å². The number of amides is 4. The van der Waals surface area contributed by atoms with E-state index >= 15 is 0 Å². The maximum absolute atomic E-state index is 13.7. The molecule has 13 atom stereocenters. The average Bonchev–Trinajstić information content (AvgIpc) is 1.67. The van der Waals surface area contributed by atoms with Crippen molar-refractivity contribution in [2.24, 2.45) is 23.2 Å². The number of H-pyrrole nitrogens is 1. The number of oxazole rings is 1. The van der Waals surface area contributed by atoms with Crippen LogP contribution in [0.2, 0.25) is 0 Å². The Morgan fingerprint density at radius 1 is 0.482 bits per heavy atom. The van der Waals surface area contributed by atoms with Crippen LogP contribution in [0.15, 0.2) is 152 Å². The minimum atomic E-state index is -0.735. The summed E-state index contributed by atoms with van der Waals surface area (Å²) in [6.07, 6.45) is 4.25. The second-order valence-corrected chi connectivity index (χ2v) is 42.2. The SMILES string of the molecule is Cc1cc([C@H](C(=O)N2C[C@H](O)C[C@H]2C(=O)CCc2ccc(-c3scnc3C)cc2)C(C)C)ns1.Cc1cc([C@H](C(=O)N2C[C@H](O)C[C@H]2C(=O)C[C@@H](C)c2ccc(-c3cnco3)cc2)C(C)(C)C)on1.Cc1nc([C@H](C(=O)N2C[C@H](O)C[C@H]2C(=O)CCc2ccc(-c3scnc3C)cc2)C(C)C)n[nH]1.Cc1noc([C@H](C(=O)N2C[C@H](O)C[C@H]2C(=O)CCc2ccc(-c3scnc3C)cc2)C(C)C)n1. The number of ketones is 4. The normalized spacial score (nSPS) is 19.3. The number of rotatable bonds is 31. The number of aromatic amines is 1. The summed E-state index contributed by atoms with van der Waals surface area (Å²) in [5.74, 6) is -0.323. The van der Waals surface area contributed by atoms with Crippen LogP contribution in [-0.2, 0) is 57.6 Å². The van der Waals surface area contributed by atoms with Gasteiger partial charge in [-0.2, -0.15) is 14.5 Å². The zero-order chi connectivity index (χ0) is 98.5. The molecular weight excluding hydrogens is 1820 g/mol. The number of hydrogen-bond donors (Lipinski definition) is 5. The number of carbonyl (C=O) groups excluding carboxylic acids is 8. The standard InChI is InChI=1S/C27H33N3O5.C26H31N3O3S2.C25H31N5O3S.C25H30N4O4S/c1-16(18-6-8-19(9-7-18)24-13-28-15-34-24)10-22(32)21-12-20(31)14-30(21)26(33)25(27(3,4)5)23-11-17(2)29-35-23;1-15(2)24(21-11-16(3)34-28-21)26(32)29-13-20(30)12-22(29)23(31)10-7-18-5-8-19(9-6-18)25-17(4)27-14-33-25;1-14(2)22(24-27-16(4)28-29-24)25(33)30-12-19(31)11-20(30)21(32)10-7-17-5-8-18(9-6-17)23-15(3)26-13-34-23;1-14(2)22(24-27-16(4)28-33-24)25(32)29-12-19(30)11-20(29)21(31)10-7-17-5-8-18(9-6-17)23-15(3)26-13-34-23/h6-9,11,13,15-16,20-21,25,31H,10,12,14H2,1-5H3;5-6,8-9,11,14-15,20,22,24,30H,7,10,12-13H2,1-4H3;5-6,8-9,13-14,19-20,22,31H,7,10-12H2,1-4H3,(H,27,28,29);5-6,8-9,13-14,19-20,22,30H,7,10-12H2,1-4H3/t16-,20-,21+,25-;20-,22+,24-;2*19-,20+,22-/m1111/s1. The molecule has 8 aromatic heterocycles. The number of likely N-dealkylation sites (tertiary alicyclic amines) is 4. The zero-order valence-corrected chi connectivity index (χ0v) is 84.1. The van der Waals surface area contributed by atoms with E-state index in [1.165, 1.54) is 22.8 Å². The fourth-order valence-electron chi connectivity index (χ4n) is 18.6. The highest BCUT2D eigenvalue weighted by atomic mass is 32.1. The van der Waals surface area contributed by atoms with Crippen LogP contribution in [0.1, 0.15) is 235 Å². The maximum Gasteiger partial charge on any atom is 0.239 e. The molecule has 4 fully saturated rings. The Balaban J connectivity index is 0.000000154. The zero-order valence-electron chi connectivity index (χ0n) is 80.8. The van der Waals surface area contributed by atoms with E-state index in [0.29, 0.717) is 79.6 Å². The number of nitrogens with one attached hydrogen (secondary N) is 1. The van der Waals surface area contributed by atoms with Gasteiger partial charge in [-0.1, -0.05) is 177 Å². The monoisotopic (exact) mass is 1940 g/mol. The molecule has 137 heavy (non-hydrogen) atoms. The predicted octanol–water partition coefficient (Wildman–Crippen LogP) is 16.4. The van der Waals surface area contributed by atoms with Crippen LogP contribution in [0.3, 0.4) is 0 Å². The number of aryl methyl sites for hydroxylation is 10. The lowest BCUT2D eigenvalue weighted by molar-refractivity contribution is -0.141. The third-order valence-corrected chi connectivity index (χ3v) is 29.5. The first-order valence-corrected chi connectivity index (χ1v) is 50.3. The van der Waals surface area contributed by atoms with Gasteiger partial charge in [-0.25, -0.2) is 24.9 Å². The van der Waals surface area contributed by atoms with Crippen molar-refractivity contribution in [3.63, 3.8) is 0 Å². The first kappa shape index (κ1) is 103. The van der Waals surface area contributed by atoms with Crippen LogP contribution in [-0.4, -0.2) is 216 Å². The van der Waals surface area contributed by atoms with Gasteiger partial charge in [0, 0.05) is 94.1 Å². The average molecular weight is 1940 g/mol. The first-order chi connectivity index (χ1) is 65.3. The van der Waals surface area contributed by atoms with E-state index in [1.807, 2.05) is 187 Å².